The van der Waals surface area contributed by atoms with Gasteiger partial charge in [0, 0.05) is 27.8 Å². The van der Waals surface area contributed by atoms with E-state index in [1.54, 1.807) is 0 Å². The van der Waals surface area contributed by atoms with Crippen molar-refractivity contribution in [3.05, 3.63) is 269 Å². The van der Waals surface area contributed by atoms with Crippen molar-refractivity contribution in [3.8, 4) is 66.8 Å². The van der Waals surface area contributed by atoms with Crippen LogP contribution in [0.4, 0.5) is 17.1 Å². The first-order valence-electron chi connectivity index (χ1n) is 24.2. The van der Waals surface area contributed by atoms with Gasteiger partial charge in [-0.2, -0.15) is 0 Å². The Labute approximate surface area is 399 Å². The molecule has 10 aromatic carbocycles. The standard InChI is InChI=1S/C67H49N/c1-65(2)55-23-12-8-19-48(55)52-37-34-46(40-61(52)65)68(63-28-16-27-59-64(63)54-22-11-15-26-58(54)67(59)56-24-13-9-20-49(56)50-21-10-14-25-57(50)67)47-35-38-53-51-36-33-45(39-60(51)66(3,4)62(53)41-47)44-31-29-43(30-32-44)42-17-6-5-7-18-42/h5-41H,1-4H3. The molecule has 0 heterocycles. The minimum absolute atomic E-state index is 0.151. The Bertz CT molecular complexity index is 3690. The highest BCUT2D eigenvalue weighted by atomic mass is 15.1. The SMILES string of the molecule is CC1(C)c2ccccc2-c2ccc(N(c3ccc4c(c3)C(C)(C)c3cc(-c5ccc(-c6ccccc6)cc5)ccc3-4)c3cccc4c3-c3ccccc3C43c4ccccc4-c4ccccc43)cc21. The van der Waals surface area contributed by atoms with Gasteiger partial charge in [-0.15, -0.1) is 0 Å². The number of hydrogen-bond donors (Lipinski definition) is 0. The topological polar surface area (TPSA) is 3.24 Å². The molecule has 10 aromatic rings. The highest BCUT2D eigenvalue weighted by Crippen LogP contribution is 2.65. The van der Waals surface area contributed by atoms with E-state index >= 15 is 0 Å². The van der Waals surface area contributed by atoms with Crippen LogP contribution in [0, 0.1) is 0 Å². The molecule has 14 rings (SSSR count). The van der Waals surface area contributed by atoms with Crippen LogP contribution in [-0.2, 0) is 16.2 Å². The Kier molecular flexibility index (Phi) is 8.08. The average molecular weight is 868 g/mol. The largest absolute Gasteiger partial charge is 0.310 e. The van der Waals surface area contributed by atoms with Crippen LogP contribution in [0.2, 0.25) is 0 Å². The summed E-state index contributed by atoms with van der Waals surface area (Å²) >= 11 is 0. The summed E-state index contributed by atoms with van der Waals surface area (Å²) in [6.07, 6.45) is 0. The van der Waals surface area contributed by atoms with Gasteiger partial charge in [-0.3, -0.25) is 0 Å². The Morgan fingerprint density at radius 2 is 0.647 bits per heavy atom. The van der Waals surface area contributed by atoms with E-state index in [1.807, 2.05) is 0 Å². The van der Waals surface area contributed by atoms with Gasteiger partial charge in [0.15, 0.2) is 0 Å². The maximum atomic E-state index is 2.58. The Balaban J connectivity index is 0.963. The van der Waals surface area contributed by atoms with Crippen LogP contribution in [0.25, 0.3) is 66.8 Å². The molecule has 0 bridgehead atoms. The monoisotopic (exact) mass is 867 g/mol. The highest BCUT2D eigenvalue weighted by Gasteiger charge is 2.52. The summed E-state index contributed by atoms with van der Waals surface area (Å²) in [6, 6.07) is 84.9. The van der Waals surface area contributed by atoms with Crippen LogP contribution < -0.4 is 4.90 Å². The van der Waals surface area contributed by atoms with Crippen molar-refractivity contribution in [1.82, 2.24) is 0 Å². The highest BCUT2D eigenvalue weighted by molar-refractivity contribution is 6.02. The van der Waals surface area contributed by atoms with E-state index in [-0.39, 0.29) is 10.8 Å². The fraction of sp³-hybridized carbons (Fsp3) is 0.104. The summed E-state index contributed by atoms with van der Waals surface area (Å²) in [5, 5.41) is 0. The van der Waals surface area contributed by atoms with Crippen molar-refractivity contribution < 1.29 is 0 Å². The summed E-state index contributed by atoms with van der Waals surface area (Å²) in [5.41, 5.74) is 29.0. The fourth-order valence-electron chi connectivity index (χ4n) is 13.1. The van der Waals surface area contributed by atoms with Crippen molar-refractivity contribution in [2.45, 2.75) is 43.9 Å². The summed E-state index contributed by atoms with van der Waals surface area (Å²) in [5.74, 6) is 0. The summed E-state index contributed by atoms with van der Waals surface area (Å²) < 4.78 is 0. The molecule has 0 aliphatic heterocycles. The Morgan fingerprint density at radius 1 is 0.265 bits per heavy atom. The molecule has 1 heteroatoms. The molecule has 4 aliphatic rings. The zero-order valence-corrected chi connectivity index (χ0v) is 38.8. The van der Waals surface area contributed by atoms with E-state index in [1.165, 1.54) is 117 Å². The molecule has 0 saturated heterocycles. The molecule has 4 aliphatic carbocycles. The fourth-order valence-corrected chi connectivity index (χ4v) is 13.1. The number of rotatable bonds is 5. The van der Waals surface area contributed by atoms with E-state index in [2.05, 4.69) is 257 Å². The second kappa shape index (κ2) is 14.0. The molecule has 68 heavy (non-hydrogen) atoms. The van der Waals surface area contributed by atoms with Crippen LogP contribution in [0.5, 0.6) is 0 Å². The average Bonchev–Trinajstić information content (AvgIpc) is 4.02. The van der Waals surface area contributed by atoms with E-state index in [0.717, 1.165) is 11.4 Å². The maximum Gasteiger partial charge on any atom is 0.0726 e. The molecule has 0 unspecified atom stereocenters. The minimum atomic E-state index is -0.441. The summed E-state index contributed by atoms with van der Waals surface area (Å²) in [4.78, 5) is 2.58. The van der Waals surface area contributed by atoms with Gasteiger partial charge in [0.25, 0.3) is 0 Å². The van der Waals surface area contributed by atoms with Gasteiger partial charge in [-0.1, -0.05) is 216 Å². The number of benzene rings is 10. The second-order valence-corrected chi connectivity index (χ2v) is 20.4. The van der Waals surface area contributed by atoms with Gasteiger partial charge in [0.2, 0.25) is 0 Å². The Morgan fingerprint density at radius 3 is 1.24 bits per heavy atom. The van der Waals surface area contributed by atoms with E-state index in [4.69, 9.17) is 0 Å². The van der Waals surface area contributed by atoms with Crippen molar-refractivity contribution >= 4 is 17.1 Å². The lowest BCUT2D eigenvalue weighted by molar-refractivity contribution is 0.660. The number of anilines is 3. The number of hydrogen-bond acceptors (Lipinski definition) is 1. The molecule has 1 nitrogen and oxygen atoms in total. The number of fused-ring (bicyclic) bond motifs is 16. The van der Waals surface area contributed by atoms with Gasteiger partial charge in [-0.25, -0.2) is 0 Å². The van der Waals surface area contributed by atoms with Crippen LogP contribution in [0.15, 0.2) is 224 Å². The van der Waals surface area contributed by atoms with E-state index in [0.29, 0.717) is 0 Å². The molecule has 0 radical (unpaired) electrons. The normalized spacial score (nSPS) is 15.1. The van der Waals surface area contributed by atoms with Crippen LogP contribution in [-0.4, -0.2) is 0 Å². The summed E-state index contributed by atoms with van der Waals surface area (Å²) in [7, 11) is 0. The zero-order valence-electron chi connectivity index (χ0n) is 38.8. The second-order valence-electron chi connectivity index (χ2n) is 20.4. The molecule has 0 aromatic heterocycles. The van der Waals surface area contributed by atoms with Gasteiger partial charge in [-0.05, 0) is 142 Å². The lowest BCUT2D eigenvalue weighted by Gasteiger charge is -2.33. The van der Waals surface area contributed by atoms with E-state index < -0.39 is 5.41 Å². The van der Waals surface area contributed by atoms with Crippen molar-refractivity contribution in [2.75, 3.05) is 4.90 Å². The molecular weight excluding hydrogens is 819 g/mol. The predicted molar refractivity (Wildman–Crippen MR) is 283 cm³/mol. The lowest BCUT2D eigenvalue weighted by Crippen LogP contribution is -2.26. The molecule has 0 amide bonds. The molecular formula is C67H49N. The molecule has 0 fully saturated rings. The quantitative estimate of drug-likeness (QED) is 0.167. The van der Waals surface area contributed by atoms with Gasteiger partial charge in [0.1, 0.15) is 0 Å². The summed E-state index contributed by atoms with van der Waals surface area (Å²) in [6.45, 7) is 9.61. The third-order valence-electron chi connectivity index (χ3n) is 16.3. The van der Waals surface area contributed by atoms with Gasteiger partial charge in [0.05, 0.1) is 11.1 Å². The first-order valence-corrected chi connectivity index (χ1v) is 24.2. The van der Waals surface area contributed by atoms with Crippen LogP contribution in [0.3, 0.4) is 0 Å². The molecule has 322 valence electrons. The predicted octanol–water partition coefficient (Wildman–Crippen LogP) is 17.4. The first kappa shape index (κ1) is 39.2. The first-order chi connectivity index (χ1) is 33.2. The third-order valence-corrected chi connectivity index (χ3v) is 16.3. The Hall–Kier alpha value is -8.00. The molecule has 0 N–H and O–H groups in total. The van der Waals surface area contributed by atoms with Crippen LogP contribution in [0.1, 0.15) is 72.2 Å². The van der Waals surface area contributed by atoms with Crippen LogP contribution >= 0.6 is 0 Å². The van der Waals surface area contributed by atoms with Crippen molar-refractivity contribution in [3.63, 3.8) is 0 Å². The molecule has 0 saturated carbocycles. The van der Waals surface area contributed by atoms with Crippen molar-refractivity contribution in [2.24, 2.45) is 0 Å². The molecule has 1 spiro atoms. The zero-order chi connectivity index (χ0) is 45.5. The molecule has 0 atom stereocenters. The number of nitrogens with zero attached hydrogens (tertiary/aromatic N) is 1. The van der Waals surface area contributed by atoms with E-state index in [9.17, 15) is 0 Å². The van der Waals surface area contributed by atoms with Crippen molar-refractivity contribution in [1.29, 1.82) is 0 Å². The maximum absolute atomic E-state index is 2.58. The van der Waals surface area contributed by atoms with Gasteiger partial charge < -0.3 is 4.90 Å². The smallest absolute Gasteiger partial charge is 0.0726 e. The lowest BCUT2D eigenvalue weighted by atomic mass is 9.70. The third kappa shape index (κ3) is 5.17. The minimum Gasteiger partial charge on any atom is -0.310 e. The van der Waals surface area contributed by atoms with Gasteiger partial charge >= 0.3 is 0 Å².